The lowest BCUT2D eigenvalue weighted by Crippen LogP contribution is -2.02. The zero-order valence-electron chi connectivity index (χ0n) is 10.0. The van der Waals surface area contributed by atoms with Crippen LogP contribution in [0.15, 0.2) is 66.7 Å². The van der Waals surface area contributed by atoms with E-state index < -0.39 is 4.92 Å². The molecule has 0 amide bonds. The molecule has 0 atom stereocenters. The van der Waals surface area contributed by atoms with Crippen molar-refractivity contribution in [2.75, 3.05) is 0 Å². The molecule has 0 radical (unpaired) electrons. The third-order valence-corrected chi connectivity index (χ3v) is 2.59. The van der Waals surface area contributed by atoms with Crippen LogP contribution in [0.25, 0.3) is 5.70 Å². The van der Waals surface area contributed by atoms with Crippen LogP contribution in [-0.4, -0.2) is 10.7 Å². The maximum Gasteiger partial charge on any atom is 0.280 e. The van der Waals surface area contributed by atoms with Gasteiger partial charge in [-0.2, -0.15) is 0 Å². The molecule has 4 heteroatoms. The summed E-state index contributed by atoms with van der Waals surface area (Å²) in [6, 6.07) is 16.8. The predicted molar refractivity (Wildman–Crippen MR) is 72.2 cm³/mol. The molecular weight excluding hydrogens is 242 g/mol. The molecule has 0 spiro atoms. The van der Waals surface area contributed by atoms with Crippen LogP contribution in [0.3, 0.4) is 0 Å². The number of nitrogens with zero attached hydrogens (tertiary/aromatic N) is 1. The van der Waals surface area contributed by atoms with E-state index >= 15 is 0 Å². The molecule has 0 fully saturated rings. The van der Waals surface area contributed by atoms with Crippen molar-refractivity contribution < 1.29 is 9.72 Å². The molecule has 0 bridgehead atoms. The van der Waals surface area contributed by atoms with E-state index in [4.69, 9.17) is 0 Å². The van der Waals surface area contributed by atoms with Gasteiger partial charge in [0, 0.05) is 5.56 Å². The predicted octanol–water partition coefficient (Wildman–Crippen LogP) is 3.19. The summed E-state index contributed by atoms with van der Waals surface area (Å²) in [5.41, 5.74) is 0.643. The molecule has 2 aromatic rings. The maximum absolute atomic E-state index is 12.0. The highest BCUT2D eigenvalue weighted by molar-refractivity contribution is 6.07. The van der Waals surface area contributed by atoms with Gasteiger partial charge < -0.3 is 0 Å². The highest BCUT2D eigenvalue weighted by atomic mass is 16.6. The lowest BCUT2D eigenvalue weighted by Gasteiger charge is -1.99. The van der Waals surface area contributed by atoms with Gasteiger partial charge in [0.15, 0.2) is 5.78 Å². The van der Waals surface area contributed by atoms with Crippen molar-refractivity contribution in [2.24, 2.45) is 0 Å². The van der Waals surface area contributed by atoms with E-state index in [1.165, 1.54) is 0 Å². The van der Waals surface area contributed by atoms with Crippen LogP contribution in [0.5, 0.6) is 0 Å². The van der Waals surface area contributed by atoms with E-state index in [0.29, 0.717) is 11.1 Å². The summed E-state index contributed by atoms with van der Waals surface area (Å²) in [4.78, 5) is 22.5. The second-order valence-electron chi connectivity index (χ2n) is 3.88. The third-order valence-electron chi connectivity index (χ3n) is 2.59. The Morgan fingerprint density at radius 1 is 0.895 bits per heavy atom. The summed E-state index contributed by atoms with van der Waals surface area (Å²) in [5.74, 6) is -0.379. The first-order valence-electron chi connectivity index (χ1n) is 5.69. The van der Waals surface area contributed by atoms with Crippen molar-refractivity contribution in [1.82, 2.24) is 0 Å². The molecule has 2 aromatic carbocycles. The Balaban J connectivity index is 2.38. The van der Waals surface area contributed by atoms with Crippen molar-refractivity contribution in [3.8, 4) is 0 Å². The van der Waals surface area contributed by atoms with E-state index in [0.717, 1.165) is 6.08 Å². The number of nitro groups is 1. The van der Waals surface area contributed by atoms with Crippen LogP contribution in [0.2, 0.25) is 0 Å². The van der Waals surface area contributed by atoms with Crippen molar-refractivity contribution in [1.29, 1.82) is 0 Å². The van der Waals surface area contributed by atoms with Crippen LogP contribution in [0, 0.1) is 10.1 Å². The molecule has 2 rings (SSSR count). The van der Waals surface area contributed by atoms with E-state index in [2.05, 4.69) is 0 Å². The van der Waals surface area contributed by atoms with Crippen LogP contribution in [-0.2, 0) is 0 Å². The Kier molecular flexibility index (Phi) is 3.83. The Morgan fingerprint density at radius 3 is 1.84 bits per heavy atom. The number of hydrogen-bond donors (Lipinski definition) is 0. The van der Waals surface area contributed by atoms with Gasteiger partial charge >= 0.3 is 0 Å². The molecule has 0 saturated heterocycles. The van der Waals surface area contributed by atoms with E-state index in [1.807, 2.05) is 0 Å². The summed E-state index contributed by atoms with van der Waals surface area (Å²) in [5, 5.41) is 11.1. The van der Waals surface area contributed by atoms with Crippen LogP contribution < -0.4 is 0 Å². The quantitative estimate of drug-likeness (QED) is 0.364. The number of rotatable bonds is 4. The molecule has 94 valence electrons. The topological polar surface area (TPSA) is 60.2 Å². The summed E-state index contributed by atoms with van der Waals surface area (Å²) < 4.78 is 0. The van der Waals surface area contributed by atoms with Gasteiger partial charge in [-0.05, 0) is 12.1 Å². The Hall–Kier alpha value is -2.75. The van der Waals surface area contributed by atoms with Gasteiger partial charge in [0.05, 0.1) is 16.6 Å². The summed E-state index contributed by atoms with van der Waals surface area (Å²) >= 11 is 0. The molecule has 19 heavy (non-hydrogen) atoms. The fourth-order valence-corrected chi connectivity index (χ4v) is 1.66. The summed E-state index contributed by atoms with van der Waals surface area (Å²) in [6.07, 6.45) is 1.06. The largest absolute Gasteiger partial charge is 0.289 e. The maximum atomic E-state index is 12.0. The van der Waals surface area contributed by atoms with Crippen LogP contribution in [0.1, 0.15) is 15.9 Å². The first kappa shape index (κ1) is 12.7. The minimum atomic E-state index is -0.545. The summed E-state index contributed by atoms with van der Waals surface area (Å²) in [6.45, 7) is 0. The average Bonchev–Trinajstić information content (AvgIpc) is 2.46. The van der Waals surface area contributed by atoms with E-state index in [9.17, 15) is 14.9 Å². The lowest BCUT2D eigenvalue weighted by molar-refractivity contribution is -0.375. The fourth-order valence-electron chi connectivity index (χ4n) is 1.66. The zero-order valence-corrected chi connectivity index (χ0v) is 10.0. The van der Waals surface area contributed by atoms with Gasteiger partial charge in [0.1, 0.15) is 0 Å². The van der Waals surface area contributed by atoms with Gasteiger partial charge in [-0.25, -0.2) is 0 Å². The van der Waals surface area contributed by atoms with Crippen LogP contribution in [0.4, 0.5) is 0 Å². The molecule has 0 unspecified atom stereocenters. The minimum absolute atomic E-state index is 0.200. The molecule has 0 aromatic heterocycles. The SMILES string of the molecule is O=C(/C=C(/c1ccccc1)[N+](=O)[O-])c1ccccc1. The number of ketones is 1. The van der Waals surface area contributed by atoms with Gasteiger partial charge in [-0.1, -0.05) is 48.5 Å². The smallest absolute Gasteiger partial charge is 0.280 e. The second-order valence-corrected chi connectivity index (χ2v) is 3.88. The number of carbonyl (C=O) groups excluding carboxylic acids is 1. The first-order chi connectivity index (χ1) is 9.18. The lowest BCUT2D eigenvalue weighted by atomic mass is 10.1. The monoisotopic (exact) mass is 253 g/mol. The number of allylic oxidation sites excluding steroid dienone is 1. The van der Waals surface area contributed by atoms with Crippen molar-refractivity contribution in [3.63, 3.8) is 0 Å². The Morgan fingerprint density at radius 2 is 1.37 bits per heavy atom. The molecule has 4 nitrogen and oxygen atoms in total. The Labute approximate surface area is 110 Å². The third kappa shape index (κ3) is 3.13. The minimum Gasteiger partial charge on any atom is -0.289 e. The average molecular weight is 253 g/mol. The normalized spacial score (nSPS) is 11.1. The fraction of sp³-hybridized carbons (Fsp3) is 0. The summed E-state index contributed by atoms with van der Waals surface area (Å²) in [7, 11) is 0. The number of hydrogen-bond acceptors (Lipinski definition) is 3. The van der Waals surface area contributed by atoms with Crippen molar-refractivity contribution in [3.05, 3.63) is 88.0 Å². The Bertz CT molecular complexity index is 618. The molecule has 0 aliphatic rings. The highest BCUT2D eigenvalue weighted by Gasteiger charge is 2.16. The van der Waals surface area contributed by atoms with Crippen molar-refractivity contribution in [2.45, 2.75) is 0 Å². The van der Waals surface area contributed by atoms with Gasteiger partial charge in [-0.15, -0.1) is 0 Å². The van der Waals surface area contributed by atoms with Gasteiger partial charge in [0.25, 0.3) is 5.70 Å². The first-order valence-corrected chi connectivity index (χ1v) is 5.69. The molecule has 0 aliphatic heterocycles. The molecule has 0 heterocycles. The number of benzene rings is 2. The molecule has 0 N–H and O–H groups in total. The number of carbonyl (C=O) groups is 1. The standard InChI is InChI=1S/C15H11NO3/c17-15(13-9-5-2-6-10-13)11-14(16(18)19)12-7-3-1-4-8-12/h1-11H/b14-11-. The van der Waals surface area contributed by atoms with Crippen LogP contribution >= 0.6 is 0 Å². The molecule has 0 saturated carbocycles. The van der Waals surface area contributed by atoms with Gasteiger partial charge in [0.2, 0.25) is 0 Å². The highest BCUT2D eigenvalue weighted by Crippen LogP contribution is 2.16. The molecule has 0 aliphatic carbocycles. The van der Waals surface area contributed by atoms with E-state index in [1.54, 1.807) is 60.7 Å². The van der Waals surface area contributed by atoms with Gasteiger partial charge in [-0.3, -0.25) is 14.9 Å². The van der Waals surface area contributed by atoms with Crippen molar-refractivity contribution >= 4 is 11.5 Å². The molecular formula is C15H11NO3. The zero-order chi connectivity index (χ0) is 13.7. The van der Waals surface area contributed by atoms with E-state index in [-0.39, 0.29) is 11.5 Å². The second kappa shape index (κ2) is 5.73.